The third kappa shape index (κ3) is 4.98. The number of aromatic nitrogens is 2. The summed E-state index contributed by atoms with van der Waals surface area (Å²) in [6.45, 7) is 1.38. The molecule has 0 saturated carbocycles. The monoisotopic (exact) mass is 506 g/mol. The van der Waals surface area contributed by atoms with Crippen molar-refractivity contribution in [3.63, 3.8) is 0 Å². The second kappa shape index (κ2) is 9.85. The van der Waals surface area contributed by atoms with E-state index in [1.165, 1.54) is 0 Å². The molecule has 180 valence electrons. The minimum atomic E-state index is -3.76. The quantitative estimate of drug-likeness (QED) is 0.373. The minimum absolute atomic E-state index is 0.243. The maximum absolute atomic E-state index is 14.0. The van der Waals surface area contributed by atoms with Crippen LogP contribution in [-0.2, 0) is 36.6 Å². The Morgan fingerprint density at radius 3 is 2.40 bits per heavy atom. The fourth-order valence-corrected chi connectivity index (χ4v) is 6.48. The molecule has 0 aliphatic carbocycles. The van der Waals surface area contributed by atoms with Gasteiger partial charge in [-0.15, -0.1) is 0 Å². The van der Waals surface area contributed by atoms with Crippen molar-refractivity contribution in [2.45, 2.75) is 30.4 Å². The topological polar surface area (TPSA) is 58.4 Å². The average molecular weight is 507 g/mol. The van der Waals surface area contributed by atoms with Crippen LogP contribution in [-0.4, -0.2) is 34.9 Å². The lowest BCUT2D eigenvalue weighted by Gasteiger charge is -2.32. The summed E-state index contributed by atoms with van der Waals surface area (Å²) < 4.78 is 31.6. The van der Waals surface area contributed by atoms with Gasteiger partial charge in [0.15, 0.2) is 0 Å². The van der Waals surface area contributed by atoms with Crippen molar-refractivity contribution < 1.29 is 8.42 Å². The minimum Gasteiger partial charge on any atom is -0.364 e. The van der Waals surface area contributed by atoms with Crippen molar-refractivity contribution in [3.8, 4) is 0 Å². The molecule has 0 saturated heterocycles. The molecule has 4 aromatic rings. The lowest BCUT2D eigenvalue weighted by Crippen LogP contribution is -2.45. The van der Waals surface area contributed by atoms with Gasteiger partial charge < -0.3 is 9.47 Å². The molecule has 1 aromatic heterocycles. The molecule has 0 unspecified atom stereocenters. The number of hydrogen-bond acceptors (Lipinski definition) is 4. The number of halogens is 1. The van der Waals surface area contributed by atoms with Crippen molar-refractivity contribution in [1.82, 2.24) is 13.9 Å². The predicted molar refractivity (Wildman–Crippen MR) is 139 cm³/mol. The summed E-state index contributed by atoms with van der Waals surface area (Å²) >= 11 is 6.39. The molecular weight excluding hydrogens is 480 g/mol. The van der Waals surface area contributed by atoms with Crippen LogP contribution in [0.4, 0.5) is 5.69 Å². The molecule has 3 aromatic carbocycles. The Bertz CT molecular complexity index is 1410. The number of sulfonamides is 1. The molecular formula is C27H27ClN4O2S. The number of fused-ring (bicyclic) bond motifs is 1. The summed E-state index contributed by atoms with van der Waals surface area (Å²) in [5.74, 6) is 0. The second-order valence-electron chi connectivity index (χ2n) is 8.86. The summed E-state index contributed by atoms with van der Waals surface area (Å²) in [6.07, 6.45) is 4.23. The number of imidazole rings is 1. The number of anilines is 1. The van der Waals surface area contributed by atoms with Crippen LogP contribution < -0.4 is 4.90 Å². The summed E-state index contributed by atoms with van der Waals surface area (Å²) in [5, 5.41) is 0.586. The fourth-order valence-electron chi connectivity index (χ4n) is 4.67. The predicted octanol–water partition coefficient (Wildman–Crippen LogP) is 4.90. The van der Waals surface area contributed by atoms with Gasteiger partial charge in [0.05, 0.1) is 23.5 Å². The van der Waals surface area contributed by atoms with E-state index >= 15 is 0 Å². The summed E-state index contributed by atoms with van der Waals surface area (Å²) in [6, 6.07) is 24.2. The second-order valence-corrected chi connectivity index (χ2v) is 11.2. The highest BCUT2D eigenvalue weighted by molar-refractivity contribution is 7.89. The third-order valence-corrected chi connectivity index (χ3v) is 8.63. The first-order valence-corrected chi connectivity index (χ1v) is 13.3. The Morgan fingerprint density at radius 2 is 1.71 bits per heavy atom. The largest absolute Gasteiger partial charge is 0.364 e. The van der Waals surface area contributed by atoms with E-state index in [1.807, 2.05) is 72.4 Å². The van der Waals surface area contributed by atoms with Gasteiger partial charge in [0.25, 0.3) is 0 Å². The molecule has 1 atom stereocenters. The van der Waals surface area contributed by atoms with Crippen molar-refractivity contribution in [1.29, 1.82) is 0 Å². The zero-order valence-corrected chi connectivity index (χ0v) is 21.0. The molecule has 0 fully saturated rings. The average Bonchev–Trinajstić information content (AvgIpc) is 3.20. The van der Waals surface area contributed by atoms with Crippen molar-refractivity contribution in [2.75, 3.05) is 11.4 Å². The smallest absolute Gasteiger partial charge is 0.243 e. The van der Waals surface area contributed by atoms with Crippen molar-refractivity contribution in [3.05, 3.63) is 113 Å². The zero-order valence-electron chi connectivity index (χ0n) is 19.5. The standard InChI is InChI=1S/C27H27ClN4O2S/c1-30-20-29-16-25(30)19-31-18-24(14-21-8-4-2-5-9-21)32(17-22-15-23(28)12-13-27(22)31)35(33,34)26-10-6-3-7-11-26/h2-13,15-16,20,24H,14,17-19H2,1H3/t24-/m1/s1. The summed E-state index contributed by atoms with van der Waals surface area (Å²) in [7, 11) is -1.79. The number of benzene rings is 3. The first-order valence-electron chi connectivity index (χ1n) is 11.5. The number of nitrogens with zero attached hydrogens (tertiary/aromatic N) is 4. The highest BCUT2D eigenvalue weighted by atomic mass is 35.5. The maximum Gasteiger partial charge on any atom is 0.243 e. The highest BCUT2D eigenvalue weighted by Crippen LogP contribution is 2.34. The van der Waals surface area contributed by atoms with Crippen LogP contribution in [0, 0.1) is 0 Å². The molecule has 0 spiro atoms. The van der Waals surface area contributed by atoms with Gasteiger partial charge in [0.1, 0.15) is 0 Å². The van der Waals surface area contributed by atoms with Gasteiger partial charge >= 0.3 is 0 Å². The lowest BCUT2D eigenvalue weighted by molar-refractivity contribution is 0.317. The molecule has 2 heterocycles. The zero-order chi connectivity index (χ0) is 24.4. The van der Waals surface area contributed by atoms with Crippen LogP contribution in [0.15, 0.2) is 96.3 Å². The molecule has 0 radical (unpaired) electrons. The van der Waals surface area contributed by atoms with Gasteiger partial charge in [-0.25, -0.2) is 13.4 Å². The molecule has 6 nitrogen and oxygen atoms in total. The third-order valence-electron chi connectivity index (χ3n) is 6.48. The first-order chi connectivity index (χ1) is 16.9. The van der Waals surface area contributed by atoms with Gasteiger partial charge in [-0.1, -0.05) is 60.1 Å². The molecule has 0 bridgehead atoms. The van der Waals surface area contributed by atoms with E-state index in [4.69, 9.17) is 11.6 Å². The van der Waals surface area contributed by atoms with Crippen LogP contribution >= 0.6 is 11.6 Å². The molecule has 1 aliphatic rings. The van der Waals surface area contributed by atoms with Crippen LogP contribution in [0.2, 0.25) is 5.02 Å². The highest BCUT2D eigenvalue weighted by Gasteiger charge is 2.36. The SMILES string of the molecule is Cn1cncc1CN1C[C@@H](Cc2ccccc2)N(S(=O)(=O)c2ccccc2)Cc2cc(Cl)ccc21. The summed E-state index contributed by atoms with van der Waals surface area (Å²) in [5.41, 5.74) is 4.01. The van der Waals surface area contributed by atoms with Crippen molar-refractivity contribution >= 4 is 27.3 Å². The number of hydrogen-bond donors (Lipinski definition) is 0. The van der Waals surface area contributed by atoms with E-state index in [-0.39, 0.29) is 12.6 Å². The molecule has 1 aliphatic heterocycles. The Kier molecular flexibility index (Phi) is 6.65. The maximum atomic E-state index is 14.0. The van der Waals surface area contributed by atoms with E-state index in [1.54, 1.807) is 34.9 Å². The molecule has 0 N–H and O–H groups in total. The van der Waals surface area contributed by atoms with Crippen molar-refractivity contribution in [2.24, 2.45) is 7.05 Å². The van der Waals surface area contributed by atoms with Gasteiger partial charge in [-0.3, -0.25) is 0 Å². The van der Waals surface area contributed by atoms with Gasteiger partial charge in [-0.05, 0) is 47.9 Å². The van der Waals surface area contributed by atoms with Crippen LogP contribution in [0.25, 0.3) is 0 Å². The normalized spacial score (nSPS) is 16.6. The van der Waals surface area contributed by atoms with E-state index < -0.39 is 10.0 Å². The van der Waals surface area contributed by atoms with Crippen LogP contribution in [0.1, 0.15) is 16.8 Å². The molecule has 35 heavy (non-hydrogen) atoms. The molecule has 0 amide bonds. The van der Waals surface area contributed by atoms with Crippen LogP contribution in [0.5, 0.6) is 0 Å². The Hall–Kier alpha value is -3.13. The molecule has 8 heteroatoms. The molecule has 5 rings (SSSR count). The number of aryl methyl sites for hydroxylation is 1. The lowest BCUT2D eigenvalue weighted by atomic mass is 10.1. The van der Waals surface area contributed by atoms with Gasteiger partial charge in [0, 0.05) is 43.1 Å². The van der Waals surface area contributed by atoms with E-state index in [0.29, 0.717) is 29.4 Å². The van der Waals surface area contributed by atoms with Crippen LogP contribution in [0.3, 0.4) is 0 Å². The van der Waals surface area contributed by atoms with E-state index in [0.717, 1.165) is 22.5 Å². The Labute approximate surface area is 211 Å². The number of rotatable bonds is 6. The van der Waals surface area contributed by atoms with Gasteiger partial charge in [0.2, 0.25) is 10.0 Å². The Balaban J connectivity index is 1.61. The first kappa shape index (κ1) is 23.6. The fraction of sp³-hybridized carbons (Fsp3) is 0.222. The van der Waals surface area contributed by atoms with E-state index in [2.05, 4.69) is 9.88 Å². The van der Waals surface area contributed by atoms with E-state index in [9.17, 15) is 8.42 Å². The Morgan fingerprint density at radius 1 is 1.00 bits per heavy atom. The summed E-state index contributed by atoms with van der Waals surface area (Å²) in [4.78, 5) is 6.81. The van der Waals surface area contributed by atoms with Gasteiger partial charge in [-0.2, -0.15) is 4.31 Å².